The van der Waals surface area contributed by atoms with Crippen molar-refractivity contribution in [3.63, 3.8) is 0 Å². The molecule has 0 bridgehead atoms. The number of anilines is 1. The molecule has 0 spiro atoms. The molecule has 23 heavy (non-hydrogen) atoms. The minimum Gasteiger partial charge on any atom is -0.497 e. The Kier molecular flexibility index (Phi) is 4.58. The molecule has 1 heterocycles. The van der Waals surface area contributed by atoms with E-state index in [1.807, 2.05) is 0 Å². The Bertz CT molecular complexity index is 718. The van der Waals surface area contributed by atoms with Gasteiger partial charge in [-0.3, -0.25) is 4.79 Å². The van der Waals surface area contributed by atoms with Gasteiger partial charge in [0.1, 0.15) is 5.75 Å². The molecule has 1 fully saturated rings. The van der Waals surface area contributed by atoms with Crippen molar-refractivity contribution in [3.05, 3.63) is 23.8 Å². The first kappa shape index (κ1) is 17.5. The van der Waals surface area contributed by atoms with E-state index in [-0.39, 0.29) is 24.4 Å². The fraction of sp³-hybridized carbons (Fsp3) is 0.462. The molecule has 128 valence electrons. The Morgan fingerprint density at radius 3 is 2.52 bits per heavy atom. The lowest BCUT2D eigenvalue weighted by atomic mass is 10.1. The molecule has 6 nitrogen and oxygen atoms in total. The molecule has 2 rings (SSSR count). The molecule has 1 aromatic carbocycles. The van der Waals surface area contributed by atoms with Crippen LogP contribution in [0.5, 0.6) is 5.75 Å². The van der Waals surface area contributed by atoms with E-state index in [4.69, 9.17) is 9.88 Å². The normalized spacial score (nSPS) is 19.3. The van der Waals surface area contributed by atoms with Crippen molar-refractivity contribution < 1.29 is 31.1 Å². The third kappa shape index (κ3) is 4.35. The fourth-order valence-corrected chi connectivity index (χ4v) is 3.37. The van der Waals surface area contributed by atoms with Gasteiger partial charge in [0.05, 0.1) is 18.4 Å². The zero-order chi connectivity index (χ0) is 17.4. The standard InChI is InChI=1S/C13H15F3N2O4S/c1-22-11-4-9(13(14,15)16)3-10(5-11)18-6-8(2-12(18)19)7-23(17,20)21/h3-5,8H,2,6-7H2,1H3,(H2,17,20,21). The number of halogens is 3. The van der Waals surface area contributed by atoms with Crippen LogP contribution in [-0.2, 0) is 21.0 Å². The zero-order valence-corrected chi connectivity index (χ0v) is 12.9. The van der Waals surface area contributed by atoms with Gasteiger partial charge in [-0.05, 0) is 12.1 Å². The van der Waals surface area contributed by atoms with Crippen LogP contribution in [0.3, 0.4) is 0 Å². The highest BCUT2D eigenvalue weighted by Crippen LogP contribution is 2.36. The molecule has 0 saturated carbocycles. The second-order valence-electron chi connectivity index (χ2n) is 5.32. The summed E-state index contributed by atoms with van der Waals surface area (Å²) in [4.78, 5) is 13.1. The Hall–Kier alpha value is -1.81. The SMILES string of the molecule is COc1cc(N2CC(CS(N)(=O)=O)CC2=O)cc(C(F)(F)F)c1. The highest BCUT2D eigenvalue weighted by Gasteiger charge is 2.36. The number of nitrogens with two attached hydrogens (primary N) is 1. The molecule has 1 atom stereocenters. The Morgan fingerprint density at radius 1 is 1.35 bits per heavy atom. The van der Waals surface area contributed by atoms with E-state index in [0.717, 1.165) is 17.0 Å². The molecule has 1 amide bonds. The van der Waals surface area contributed by atoms with E-state index in [1.54, 1.807) is 0 Å². The van der Waals surface area contributed by atoms with E-state index in [0.29, 0.717) is 0 Å². The molecule has 1 unspecified atom stereocenters. The quantitative estimate of drug-likeness (QED) is 0.886. The second-order valence-corrected chi connectivity index (χ2v) is 6.98. The number of alkyl halides is 3. The Morgan fingerprint density at radius 2 is 2.00 bits per heavy atom. The molecule has 10 heteroatoms. The van der Waals surface area contributed by atoms with Crippen LogP contribution in [-0.4, -0.2) is 33.7 Å². The van der Waals surface area contributed by atoms with E-state index >= 15 is 0 Å². The monoisotopic (exact) mass is 352 g/mol. The van der Waals surface area contributed by atoms with Crippen LogP contribution in [0.2, 0.25) is 0 Å². The minimum absolute atomic E-state index is 0.0126. The van der Waals surface area contributed by atoms with Crippen molar-refractivity contribution >= 4 is 21.6 Å². The second kappa shape index (κ2) is 6.00. The number of sulfonamides is 1. The molecule has 1 saturated heterocycles. The first-order valence-corrected chi connectivity index (χ1v) is 8.28. The van der Waals surface area contributed by atoms with Crippen LogP contribution in [0.1, 0.15) is 12.0 Å². The molecule has 0 radical (unpaired) electrons. The van der Waals surface area contributed by atoms with Crippen molar-refractivity contribution in [1.82, 2.24) is 0 Å². The van der Waals surface area contributed by atoms with Gasteiger partial charge in [-0.2, -0.15) is 13.2 Å². The molecular weight excluding hydrogens is 337 g/mol. The molecule has 0 aliphatic carbocycles. The third-order valence-electron chi connectivity index (χ3n) is 3.44. The van der Waals surface area contributed by atoms with Crippen LogP contribution in [0.4, 0.5) is 18.9 Å². The molecule has 2 N–H and O–H groups in total. The number of rotatable bonds is 4. The van der Waals surface area contributed by atoms with Crippen LogP contribution in [0.25, 0.3) is 0 Å². The van der Waals surface area contributed by atoms with Gasteiger partial charge in [-0.15, -0.1) is 0 Å². The summed E-state index contributed by atoms with van der Waals surface area (Å²) in [5, 5.41) is 4.95. The summed E-state index contributed by atoms with van der Waals surface area (Å²) in [6.07, 6.45) is -4.68. The number of benzene rings is 1. The van der Waals surface area contributed by atoms with Gasteiger partial charge in [0, 0.05) is 30.6 Å². The number of amides is 1. The van der Waals surface area contributed by atoms with E-state index in [1.165, 1.54) is 13.2 Å². The first-order chi connectivity index (χ1) is 10.5. The summed E-state index contributed by atoms with van der Waals surface area (Å²) in [5.41, 5.74) is -0.937. The number of methoxy groups -OCH3 is 1. The van der Waals surface area contributed by atoms with Crippen LogP contribution < -0.4 is 14.8 Å². The number of hydrogen-bond donors (Lipinski definition) is 1. The Balaban J connectivity index is 2.33. The highest BCUT2D eigenvalue weighted by molar-refractivity contribution is 7.89. The lowest BCUT2D eigenvalue weighted by Gasteiger charge is -2.19. The maximum Gasteiger partial charge on any atom is 0.416 e. The number of carbonyl (C=O) groups is 1. The lowest BCUT2D eigenvalue weighted by Crippen LogP contribution is -2.27. The third-order valence-corrected chi connectivity index (χ3v) is 4.38. The van der Waals surface area contributed by atoms with Gasteiger partial charge < -0.3 is 9.64 Å². The van der Waals surface area contributed by atoms with Gasteiger partial charge >= 0.3 is 6.18 Å². The van der Waals surface area contributed by atoms with Crippen molar-refractivity contribution in [2.24, 2.45) is 11.1 Å². The maximum atomic E-state index is 12.9. The van der Waals surface area contributed by atoms with Crippen molar-refractivity contribution in [2.75, 3.05) is 24.3 Å². The predicted octanol–water partition coefficient (Wildman–Crippen LogP) is 1.36. The molecule has 1 aliphatic rings. The Labute approximate surface area is 131 Å². The average molecular weight is 352 g/mol. The highest BCUT2D eigenvalue weighted by atomic mass is 32.2. The molecule has 1 aliphatic heterocycles. The summed E-state index contributed by atoms with van der Waals surface area (Å²) in [6.45, 7) is -0.0142. The zero-order valence-electron chi connectivity index (χ0n) is 12.1. The van der Waals surface area contributed by atoms with Gasteiger partial charge in [-0.1, -0.05) is 0 Å². The summed E-state index contributed by atoms with van der Waals surface area (Å²) >= 11 is 0. The molecular formula is C13H15F3N2O4S. The number of primary sulfonamides is 1. The summed E-state index contributed by atoms with van der Waals surface area (Å²) in [7, 11) is -2.55. The van der Waals surface area contributed by atoms with Crippen LogP contribution in [0, 0.1) is 5.92 Å². The van der Waals surface area contributed by atoms with Crippen molar-refractivity contribution in [1.29, 1.82) is 0 Å². The maximum absolute atomic E-state index is 12.9. The number of ether oxygens (including phenoxy) is 1. The molecule has 0 aromatic heterocycles. The summed E-state index contributed by atoms with van der Waals surface area (Å²) in [5.74, 6) is -1.46. The van der Waals surface area contributed by atoms with Crippen molar-refractivity contribution in [3.8, 4) is 5.75 Å². The van der Waals surface area contributed by atoms with E-state index in [2.05, 4.69) is 0 Å². The van der Waals surface area contributed by atoms with E-state index in [9.17, 15) is 26.4 Å². The van der Waals surface area contributed by atoms with Gasteiger partial charge in [0.25, 0.3) is 0 Å². The minimum atomic E-state index is -4.59. The van der Waals surface area contributed by atoms with Crippen LogP contribution >= 0.6 is 0 Å². The van der Waals surface area contributed by atoms with Gasteiger partial charge in [0.15, 0.2) is 0 Å². The first-order valence-electron chi connectivity index (χ1n) is 6.56. The molecule has 1 aromatic rings. The topological polar surface area (TPSA) is 89.7 Å². The van der Waals surface area contributed by atoms with Gasteiger partial charge in [0.2, 0.25) is 15.9 Å². The lowest BCUT2D eigenvalue weighted by molar-refractivity contribution is -0.137. The predicted molar refractivity (Wildman–Crippen MR) is 76.4 cm³/mol. The largest absolute Gasteiger partial charge is 0.497 e. The summed E-state index contributed by atoms with van der Waals surface area (Å²) < 4.78 is 65.8. The fourth-order valence-electron chi connectivity index (χ4n) is 2.49. The average Bonchev–Trinajstić information content (AvgIpc) is 2.75. The summed E-state index contributed by atoms with van der Waals surface area (Å²) in [6, 6.07) is 2.96. The number of hydrogen-bond acceptors (Lipinski definition) is 4. The number of carbonyl (C=O) groups excluding carboxylic acids is 1. The van der Waals surface area contributed by atoms with Crippen LogP contribution in [0.15, 0.2) is 18.2 Å². The number of nitrogens with zero attached hydrogens (tertiary/aromatic N) is 1. The van der Waals surface area contributed by atoms with E-state index < -0.39 is 39.3 Å². The van der Waals surface area contributed by atoms with Gasteiger partial charge in [-0.25, -0.2) is 13.6 Å². The van der Waals surface area contributed by atoms with Crippen molar-refractivity contribution in [2.45, 2.75) is 12.6 Å². The smallest absolute Gasteiger partial charge is 0.416 e.